The van der Waals surface area contributed by atoms with E-state index >= 15 is 0 Å². The van der Waals surface area contributed by atoms with Crippen LogP contribution in [0.1, 0.15) is 30.1 Å². The number of methoxy groups -OCH3 is 1. The van der Waals surface area contributed by atoms with Gasteiger partial charge in [-0.15, -0.1) is 0 Å². The van der Waals surface area contributed by atoms with Crippen LogP contribution in [-0.4, -0.2) is 69.4 Å². The summed E-state index contributed by atoms with van der Waals surface area (Å²) >= 11 is 0. The van der Waals surface area contributed by atoms with Gasteiger partial charge in [0.1, 0.15) is 6.54 Å². The van der Waals surface area contributed by atoms with E-state index in [4.69, 9.17) is 4.74 Å². The number of ether oxygens (including phenoxy) is 1. The van der Waals surface area contributed by atoms with Gasteiger partial charge in [-0.25, -0.2) is 0 Å². The first-order valence-electron chi connectivity index (χ1n) is 9.62. The van der Waals surface area contributed by atoms with E-state index in [1.54, 1.807) is 18.0 Å². The predicted molar refractivity (Wildman–Crippen MR) is 101 cm³/mol. The maximum atomic E-state index is 12.5. The maximum absolute atomic E-state index is 12.5. The number of carbonyl (C=O) groups is 1. The van der Waals surface area contributed by atoms with Gasteiger partial charge in [-0.1, -0.05) is 6.07 Å². The zero-order valence-electron chi connectivity index (χ0n) is 16.0. The van der Waals surface area contributed by atoms with Crippen LogP contribution in [0.15, 0.2) is 36.8 Å². The fourth-order valence-corrected chi connectivity index (χ4v) is 4.27. The second-order valence-electron chi connectivity index (χ2n) is 7.47. The SMILES string of the molecule is COC1CN(C2CCN(C(=O)Cn3ccc(C)n3)CC2)C1c1cccnc1. The summed E-state index contributed by atoms with van der Waals surface area (Å²) in [4.78, 5) is 21.3. The number of carbonyl (C=O) groups excluding carboxylic acids is 1. The van der Waals surface area contributed by atoms with Crippen molar-refractivity contribution in [3.63, 3.8) is 0 Å². The summed E-state index contributed by atoms with van der Waals surface area (Å²) in [6.07, 6.45) is 7.82. The number of hydrogen-bond acceptors (Lipinski definition) is 5. The van der Waals surface area contributed by atoms with Crippen molar-refractivity contribution >= 4 is 5.91 Å². The predicted octanol–water partition coefficient (Wildman–Crippen LogP) is 1.65. The minimum Gasteiger partial charge on any atom is -0.378 e. The van der Waals surface area contributed by atoms with Crippen molar-refractivity contribution < 1.29 is 9.53 Å². The fourth-order valence-electron chi connectivity index (χ4n) is 4.27. The third-order valence-electron chi connectivity index (χ3n) is 5.79. The van der Waals surface area contributed by atoms with Gasteiger partial charge in [-0.05, 0) is 37.5 Å². The van der Waals surface area contributed by atoms with Crippen LogP contribution in [0.3, 0.4) is 0 Å². The average molecular weight is 369 g/mol. The van der Waals surface area contributed by atoms with E-state index in [2.05, 4.69) is 21.0 Å². The second-order valence-corrected chi connectivity index (χ2v) is 7.47. The van der Waals surface area contributed by atoms with E-state index in [1.165, 1.54) is 5.56 Å². The maximum Gasteiger partial charge on any atom is 0.244 e. The summed E-state index contributed by atoms with van der Waals surface area (Å²) in [6.45, 7) is 4.81. The Balaban J connectivity index is 1.34. The highest BCUT2D eigenvalue weighted by atomic mass is 16.5. The summed E-state index contributed by atoms with van der Waals surface area (Å²) in [7, 11) is 1.78. The van der Waals surface area contributed by atoms with Gasteiger partial charge in [-0.2, -0.15) is 5.10 Å². The normalized spacial score (nSPS) is 24.0. The van der Waals surface area contributed by atoms with E-state index in [-0.39, 0.29) is 18.1 Å². The molecular formula is C20H27N5O2. The monoisotopic (exact) mass is 369 g/mol. The van der Waals surface area contributed by atoms with Crippen LogP contribution in [0.5, 0.6) is 0 Å². The average Bonchev–Trinajstić information content (AvgIpc) is 3.07. The molecule has 4 heterocycles. The van der Waals surface area contributed by atoms with Crippen molar-refractivity contribution in [3.05, 3.63) is 48.0 Å². The molecule has 7 nitrogen and oxygen atoms in total. The number of rotatable bonds is 5. The lowest BCUT2D eigenvalue weighted by Gasteiger charge is -2.52. The highest BCUT2D eigenvalue weighted by molar-refractivity contribution is 5.76. The third-order valence-corrected chi connectivity index (χ3v) is 5.79. The number of nitrogens with zero attached hydrogens (tertiary/aromatic N) is 5. The van der Waals surface area contributed by atoms with Crippen LogP contribution < -0.4 is 0 Å². The first-order chi connectivity index (χ1) is 13.2. The van der Waals surface area contributed by atoms with Gasteiger partial charge in [0.25, 0.3) is 0 Å². The van der Waals surface area contributed by atoms with Crippen LogP contribution in [0, 0.1) is 6.92 Å². The molecule has 0 N–H and O–H groups in total. The molecule has 2 unspecified atom stereocenters. The molecule has 2 aliphatic heterocycles. The van der Waals surface area contributed by atoms with Crippen LogP contribution >= 0.6 is 0 Å². The van der Waals surface area contributed by atoms with Crippen molar-refractivity contribution in [1.29, 1.82) is 0 Å². The number of hydrogen-bond donors (Lipinski definition) is 0. The molecule has 2 saturated heterocycles. The van der Waals surface area contributed by atoms with Gasteiger partial charge >= 0.3 is 0 Å². The summed E-state index contributed by atoms with van der Waals surface area (Å²) in [6, 6.07) is 6.78. The Morgan fingerprint density at radius 2 is 2.11 bits per heavy atom. The molecule has 2 fully saturated rings. The van der Waals surface area contributed by atoms with Crippen LogP contribution in [0.2, 0.25) is 0 Å². The third kappa shape index (κ3) is 3.75. The van der Waals surface area contributed by atoms with Gasteiger partial charge in [0, 0.05) is 51.4 Å². The number of likely N-dealkylation sites (tertiary alicyclic amines) is 2. The highest BCUT2D eigenvalue weighted by Crippen LogP contribution is 2.39. The van der Waals surface area contributed by atoms with Crippen molar-refractivity contribution in [2.24, 2.45) is 0 Å². The number of amides is 1. The molecule has 0 bridgehead atoms. The molecule has 4 rings (SSSR count). The van der Waals surface area contributed by atoms with Crippen molar-refractivity contribution in [2.45, 2.75) is 44.5 Å². The summed E-state index contributed by atoms with van der Waals surface area (Å²) in [5.41, 5.74) is 2.15. The van der Waals surface area contributed by atoms with Gasteiger partial charge in [0.05, 0.1) is 17.8 Å². The van der Waals surface area contributed by atoms with Crippen LogP contribution in [0.25, 0.3) is 0 Å². The molecule has 2 aliphatic rings. The summed E-state index contributed by atoms with van der Waals surface area (Å²) in [5.74, 6) is 0.152. The van der Waals surface area contributed by atoms with E-state index in [0.29, 0.717) is 12.6 Å². The zero-order valence-corrected chi connectivity index (χ0v) is 16.0. The van der Waals surface area contributed by atoms with E-state index in [1.807, 2.05) is 36.4 Å². The molecule has 0 spiro atoms. The number of pyridine rings is 1. The lowest BCUT2D eigenvalue weighted by atomic mass is 9.87. The molecule has 144 valence electrons. The number of piperidine rings is 1. The van der Waals surface area contributed by atoms with E-state index in [9.17, 15) is 4.79 Å². The molecule has 0 radical (unpaired) electrons. The van der Waals surface area contributed by atoms with Crippen LogP contribution in [-0.2, 0) is 16.1 Å². The molecule has 0 saturated carbocycles. The van der Waals surface area contributed by atoms with Crippen molar-refractivity contribution in [2.75, 3.05) is 26.7 Å². The molecule has 27 heavy (non-hydrogen) atoms. The van der Waals surface area contributed by atoms with Gasteiger partial charge in [0.2, 0.25) is 5.91 Å². The smallest absolute Gasteiger partial charge is 0.244 e. The Morgan fingerprint density at radius 1 is 1.30 bits per heavy atom. The summed E-state index contributed by atoms with van der Waals surface area (Å²) in [5, 5.41) is 4.31. The number of aryl methyl sites for hydroxylation is 1. The quantitative estimate of drug-likeness (QED) is 0.802. The van der Waals surface area contributed by atoms with E-state index < -0.39 is 0 Å². The molecule has 7 heteroatoms. The first-order valence-corrected chi connectivity index (χ1v) is 9.62. The molecule has 1 amide bonds. The fraction of sp³-hybridized carbons (Fsp3) is 0.550. The minimum absolute atomic E-state index is 0.152. The van der Waals surface area contributed by atoms with Crippen LogP contribution in [0.4, 0.5) is 0 Å². The molecule has 2 atom stereocenters. The largest absolute Gasteiger partial charge is 0.378 e. The lowest BCUT2D eigenvalue weighted by molar-refractivity contribution is -0.138. The van der Waals surface area contributed by atoms with E-state index in [0.717, 1.165) is 38.2 Å². The second kappa shape index (κ2) is 7.78. The Bertz CT molecular complexity index is 770. The Labute approximate surface area is 159 Å². The Hall–Kier alpha value is -2.25. The topological polar surface area (TPSA) is 63.5 Å². The lowest BCUT2D eigenvalue weighted by Crippen LogP contribution is -2.60. The Morgan fingerprint density at radius 3 is 2.74 bits per heavy atom. The molecule has 2 aromatic rings. The van der Waals surface area contributed by atoms with Gasteiger partial charge in [-0.3, -0.25) is 19.4 Å². The summed E-state index contributed by atoms with van der Waals surface area (Å²) < 4.78 is 7.38. The van der Waals surface area contributed by atoms with Crippen molar-refractivity contribution in [1.82, 2.24) is 24.6 Å². The standard InChI is InChI=1S/C20H27N5O2/c1-15-5-11-24(22-15)14-19(26)23-9-6-17(7-10-23)25-13-18(27-2)20(25)16-4-3-8-21-12-16/h3-5,8,11-12,17-18,20H,6-7,9-10,13-14H2,1-2H3. The molecule has 0 aromatic carbocycles. The van der Waals surface area contributed by atoms with Gasteiger partial charge < -0.3 is 9.64 Å². The molecular weight excluding hydrogens is 342 g/mol. The highest BCUT2D eigenvalue weighted by Gasteiger charge is 2.44. The first kappa shape index (κ1) is 18.1. The minimum atomic E-state index is 0.152. The Kier molecular flexibility index (Phi) is 5.22. The molecule has 2 aromatic heterocycles. The molecule has 0 aliphatic carbocycles. The number of aromatic nitrogens is 3. The van der Waals surface area contributed by atoms with Gasteiger partial charge in [0.15, 0.2) is 0 Å². The van der Waals surface area contributed by atoms with Crippen molar-refractivity contribution in [3.8, 4) is 0 Å². The zero-order chi connectivity index (χ0) is 18.8.